The van der Waals surface area contributed by atoms with Crippen molar-refractivity contribution in [3.05, 3.63) is 41.8 Å². The van der Waals surface area contributed by atoms with Gasteiger partial charge in [0, 0.05) is 6.04 Å². The maximum atomic E-state index is 11.1. The van der Waals surface area contributed by atoms with Crippen LogP contribution in [0.5, 0.6) is 5.88 Å². The first-order valence-electron chi connectivity index (χ1n) is 13.3. The summed E-state index contributed by atoms with van der Waals surface area (Å²) >= 11 is 1.64. The minimum Gasteiger partial charge on any atom is -0.473 e. The minimum absolute atomic E-state index is 0. The predicted octanol–water partition coefficient (Wildman–Crippen LogP) is 9.15. The number of carbonyl (C=O) groups excluding carboxylic acids is 1. The lowest BCUT2D eigenvalue weighted by Crippen LogP contribution is -2.32. The van der Waals surface area contributed by atoms with Crippen LogP contribution in [0.1, 0.15) is 105 Å². The molecule has 0 saturated heterocycles. The summed E-state index contributed by atoms with van der Waals surface area (Å²) in [7, 11) is -2.94. The third-order valence-electron chi connectivity index (χ3n) is 4.88. The highest BCUT2D eigenvalue weighted by Crippen LogP contribution is 2.32. The van der Waals surface area contributed by atoms with Gasteiger partial charge in [-0.05, 0) is 84.9 Å². The molecule has 1 aliphatic rings. The van der Waals surface area contributed by atoms with Gasteiger partial charge in [-0.3, -0.25) is 4.79 Å². The van der Waals surface area contributed by atoms with E-state index in [9.17, 15) is 13.2 Å². The van der Waals surface area contributed by atoms with Crippen LogP contribution in [-0.2, 0) is 19.6 Å². The van der Waals surface area contributed by atoms with E-state index in [-0.39, 0.29) is 64.6 Å². The summed E-state index contributed by atoms with van der Waals surface area (Å²) in [5.41, 5.74) is 2.23. The van der Waals surface area contributed by atoms with Gasteiger partial charge in [-0.2, -0.15) is 0 Å². The summed E-state index contributed by atoms with van der Waals surface area (Å²) in [6, 6.07) is 11.9. The fourth-order valence-electron chi connectivity index (χ4n) is 3.09. The van der Waals surface area contributed by atoms with Gasteiger partial charge in [0.1, 0.15) is 11.3 Å². The standard InChI is InChI=1S/C15H14N2OS.C8H16O2.C6H13NO2S.4CH4/c1-10(2)18-15-14(13-8-5-9-19-13)16-11-6-3-4-7-12(11)17-15;1-6(2)7(9)10-8(3,4)5;1-5(2)7-10(8,9)6-3-4-6;;;;/h3-10H,1-2H3;6H,1-5H3;5-7H,3-4H2,1-2H3;4*1H4. The van der Waals surface area contributed by atoms with Crippen molar-refractivity contribution in [2.24, 2.45) is 5.92 Å². The monoisotopic (exact) mass is 641 g/mol. The molecule has 1 saturated carbocycles. The van der Waals surface area contributed by atoms with E-state index in [0.717, 1.165) is 34.4 Å². The van der Waals surface area contributed by atoms with Crippen molar-refractivity contribution in [2.75, 3.05) is 0 Å². The van der Waals surface area contributed by atoms with E-state index in [4.69, 9.17) is 14.5 Å². The molecule has 2 aromatic heterocycles. The Morgan fingerprint density at radius 2 is 1.44 bits per heavy atom. The SMILES string of the molecule is C.C.C.C.CC(C)C(=O)OC(C)(C)C.CC(C)NS(=O)(=O)C1CC1.CC(C)Oc1nc2ccccc2nc1-c1cccs1. The van der Waals surface area contributed by atoms with Crippen LogP contribution in [0, 0.1) is 5.92 Å². The van der Waals surface area contributed by atoms with E-state index in [1.54, 1.807) is 11.3 Å². The Hall–Kier alpha value is -2.56. The molecule has 43 heavy (non-hydrogen) atoms. The number of aromatic nitrogens is 2. The van der Waals surface area contributed by atoms with Crippen LogP contribution in [0.15, 0.2) is 41.8 Å². The molecule has 248 valence electrons. The lowest BCUT2D eigenvalue weighted by atomic mass is 10.1. The number of ether oxygens (including phenoxy) is 2. The lowest BCUT2D eigenvalue weighted by molar-refractivity contribution is -0.158. The topological polar surface area (TPSA) is 107 Å². The summed E-state index contributed by atoms with van der Waals surface area (Å²) in [4.78, 5) is 21.3. The normalized spacial score (nSPS) is 12.3. The van der Waals surface area contributed by atoms with Gasteiger partial charge in [0.15, 0.2) is 0 Å². The average Bonchev–Trinajstić information content (AvgIpc) is 3.54. The van der Waals surface area contributed by atoms with Crippen molar-refractivity contribution >= 4 is 38.4 Å². The van der Waals surface area contributed by atoms with Gasteiger partial charge < -0.3 is 9.47 Å². The van der Waals surface area contributed by atoms with Crippen LogP contribution in [0.25, 0.3) is 21.6 Å². The van der Waals surface area contributed by atoms with Gasteiger partial charge >= 0.3 is 5.97 Å². The van der Waals surface area contributed by atoms with Crippen molar-refractivity contribution in [2.45, 2.75) is 128 Å². The highest BCUT2D eigenvalue weighted by molar-refractivity contribution is 7.90. The molecule has 1 aliphatic carbocycles. The molecule has 0 radical (unpaired) electrons. The molecule has 0 atom stereocenters. The molecule has 10 heteroatoms. The molecule has 2 heterocycles. The van der Waals surface area contributed by atoms with Gasteiger partial charge in [0.05, 0.1) is 33.2 Å². The highest BCUT2D eigenvalue weighted by atomic mass is 32.2. The maximum Gasteiger partial charge on any atom is 0.308 e. The summed E-state index contributed by atoms with van der Waals surface area (Å²) in [5, 5.41) is 1.95. The number of para-hydroxylation sites is 2. The van der Waals surface area contributed by atoms with Crippen LogP contribution in [-0.4, -0.2) is 47.4 Å². The Balaban J connectivity index is -0.000000580. The van der Waals surface area contributed by atoms with E-state index in [1.165, 1.54) is 0 Å². The van der Waals surface area contributed by atoms with Gasteiger partial charge in [0.2, 0.25) is 15.9 Å². The Labute approximate surface area is 267 Å². The number of nitrogens with zero attached hydrogens (tertiary/aromatic N) is 2. The number of rotatable bonds is 7. The zero-order valence-electron chi connectivity index (χ0n) is 24.5. The molecule has 4 rings (SSSR count). The average molecular weight is 642 g/mol. The molecule has 8 nitrogen and oxygen atoms in total. The fraction of sp³-hybridized carbons (Fsp3) is 0.606. The van der Waals surface area contributed by atoms with E-state index in [0.29, 0.717) is 5.88 Å². The van der Waals surface area contributed by atoms with Gasteiger partial charge in [-0.1, -0.05) is 61.8 Å². The van der Waals surface area contributed by atoms with Gasteiger partial charge in [-0.15, -0.1) is 11.3 Å². The number of nitrogens with one attached hydrogen (secondary N) is 1. The molecule has 0 bridgehead atoms. The molecular weight excluding hydrogens is 583 g/mol. The second kappa shape index (κ2) is 19.7. The molecule has 0 aliphatic heterocycles. The van der Waals surface area contributed by atoms with Gasteiger partial charge in [0.25, 0.3) is 0 Å². The number of thiophene rings is 1. The Morgan fingerprint density at radius 1 is 0.907 bits per heavy atom. The molecular formula is C33H59N3O5S2. The third-order valence-corrected chi connectivity index (χ3v) is 7.91. The molecule has 3 aromatic rings. The van der Waals surface area contributed by atoms with Crippen molar-refractivity contribution in [3.63, 3.8) is 0 Å². The summed E-state index contributed by atoms with van der Waals surface area (Å²) in [6.07, 6.45) is 1.75. The van der Waals surface area contributed by atoms with Crippen molar-refractivity contribution in [3.8, 4) is 16.5 Å². The van der Waals surface area contributed by atoms with Crippen molar-refractivity contribution < 1.29 is 22.7 Å². The minimum atomic E-state index is -2.94. The summed E-state index contributed by atoms with van der Waals surface area (Å²) in [5.74, 6) is 0.447. The first-order chi connectivity index (χ1) is 18.1. The number of benzene rings is 1. The van der Waals surface area contributed by atoms with Crippen LogP contribution < -0.4 is 9.46 Å². The Morgan fingerprint density at radius 3 is 1.81 bits per heavy atom. The molecule has 0 unspecified atom stereocenters. The predicted molar refractivity (Wildman–Crippen MR) is 186 cm³/mol. The Kier molecular flexibility index (Phi) is 20.5. The molecule has 1 N–H and O–H groups in total. The van der Waals surface area contributed by atoms with Crippen LogP contribution in [0.2, 0.25) is 0 Å². The first-order valence-corrected chi connectivity index (χ1v) is 15.7. The number of sulfonamides is 1. The van der Waals surface area contributed by atoms with E-state index in [1.807, 2.05) is 104 Å². The van der Waals surface area contributed by atoms with E-state index in [2.05, 4.69) is 9.71 Å². The zero-order chi connectivity index (χ0) is 29.4. The smallest absolute Gasteiger partial charge is 0.308 e. The highest BCUT2D eigenvalue weighted by Gasteiger charge is 2.35. The van der Waals surface area contributed by atoms with Crippen LogP contribution in [0.4, 0.5) is 0 Å². The van der Waals surface area contributed by atoms with Crippen LogP contribution in [0.3, 0.4) is 0 Å². The molecule has 0 amide bonds. The Bertz CT molecular complexity index is 1300. The number of fused-ring (bicyclic) bond motifs is 1. The van der Waals surface area contributed by atoms with Crippen molar-refractivity contribution in [1.29, 1.82) is 0 Å². The molecule has 1 fully saturated rings. The maximum absolute atomic E-state index is 11.1. The third kappa shape index (κ3) is 16.2. The second-order valence-corrected chi connectivity index (χ2v) is 14.2. The van der Waals surface area contributed by atoms with Crippen LogP contribution >= 0.6 is 11.3 Å². The lowest BCUT2D eigenvalue weighted by Gasteiger charge is -2.20. The molecule has 1 aromatic carbocycles. The number of hydrogen-bond acceptors (Lipinski definition) is 8. The number of esters is 1. The zero-order valence-corrected chi connectivity index (χ0v) is 26.2. The fourth-order valence-corrected chi connectivity index (χ4v) is 5.40. The largest absolute Gasteiger partial charge is 0.473 e. The van der Waals surface area contributed by atoms with Gasteiger partial charge in [-0.25, -0.2) is 23.1 Å². The first kappa shape index (κ1) is 44.9. The second-order valence-electron chi connectivity index (χ2n) is 11.2. The quantitative estimate of drug-likeness (QED) is 0.256. The van der Waals surface area contributed by atoms with Crippen molar-refractivity contribution in [1.82, 2.24) is 14.7 Å². The van der Waals surface area contributed by atoms with E-state index >= 15 is 0 Å². The summed E-state index contributed by atoms with van der Waals surface area (Å²) < 4.78 is 35.6. The van der Waals surface area contributed by atoms with E-state index < -0.39 is 10.0 Å². The summed E-state index contributed by atoms with van der Waals surface area (Å²) in [6.45, 7) is 16.9. The molecule has 0 spiro atoms. The number of hydrogen-bond donors (Lipinski definition) is 1. The number of carbonyl (C=O) groups is 1.